The van der Waals surface area contributed by atoms with Crippen LogP contribution in [0.1, 0.15) is 44.1 Å². The number of guanidine groups is 1. The van der Waals surface area contributed by atoms with Crippen LogP contribution in [0.4, 0.5) is 0 Å². The molecule has 2 aliphatic rings. The summed E-state index contributed by atoms with van der Waals surface area (Å²) in [5.74, 6) is 2.43. The van der Waals surface area contributed by atoms with Gasteiger partial charge in [-0.2, -0.15) is 0 Å². The zero-order chi connectivity index (χ0) is 20.4. The van der Waals surface area contributed by atoms with Gasteiger partial charge in [-0.3, -0.25) is 4.99 Å². The van der Waals surface area contributed by atoms with E-state index in [0.717, 1.165) is 64.1 Å². The molecule has 1 heterocycles. The third kappa shape index (κ3) is 6.09. The molecule has 6 nitrogen and oxygen atoms in total. The normalized spacial score (nSPS) is 21.3. The van der Waals surface area contributed by atoms with E-state index in [4.69, 9.17) is 14.2 Å². The first-order chi connectivity index (χ1) is 14.3. The zero-order valence-electron chi connectivity index (χ0n) is 18.0. The maximum absolute atomic E-state index is 5.78. The van der Waals surface area contributed by atoms with Gasteiger partial charge in [0.25, 0.3) is 0 Å². The SMILES string of the molecule is CN=C(NCCCOCC1CCOC1)NCC1(c2ccccc2OC)CCCC1. The number of ether oxygens (including phenoxy) is 3. The molecule has 0 bridgehead atoms. The lowest BCUT2D eigenvalue weighted by Gasteiger charge is -2.32. The topological polar surface area (TPSA) is 64.1 Å². The maximum atomic E-state index is 5.78. The van der Waals surface area contributed by atoms with Crippen LogP contribution in [0.2, 0.25) is 0 Å². The number of nitrogens with zero attached hydrogens (tertiary/aromatic N) is 1. The number of nitrogens with one attached hydrogen (secondary N) is 2. The van der Waals surface area contributed by atoms with Crippen molar-refractivity contribution < 1.29 is 14.2 Å². The summed E-state index contributed by atoms with van der Waals surface area (Å²) in [7, 11) is 3.59. The quantitative estimate of drug-likeness (QED) is 0.357. The van der Waals surface area contributed by atoms with Crippen molar-refractivity contribution in [3.63, 3.8) is 0 Å². The number of hydrogen-bond acceptors (Lipinski definition) is 4. The van der Waals surface area contributed by atoms with Crippen LogP contribution in [0, 0.1) is 5.92 Å². The summed E-state index contributed by atoms with van der Waals surface area (Å²) < 4.78 is 16.8. The Morgan fingerprint density at radius 3 is 2.79 bits per heavy atom. The number of rotatable bonds is 10. The maximum Gasteiger partial charge on any atom is 0.191 e. The molecule has 1 aromatic carbocycles. The average Bonchev–Trinajstić information content (AvgIpc) is 3.45. The molecule has 1 saturated heterocycles. The second kappa shape index (κ2) is 11.4. The van der Waals surface area contributed by atoms with E-state index in [1.54, 1.807) is 7.11 Å². The predicted octanol–water partition coefficient (Wildman–Crippen LogP) is 3.12. The summed E-state index contributed by atoms with van der Waals surface area (Å²) in [6.45, 7) is 5.03. The fourth-order valence-corrected chi connectivity index (χ4v) is 4.50. The van der Waals surface area contributed by atoms with Gasteiger partial charge in [0.05, 0.1) is 20.3 Å². The van der Waals surface area contributed by atoms with E-state index in [9.17, 15) is 0 Å². The first-order valence-corrected chi connectivity index (χ1v) is 11.0. The van der Waals surface area contributed by atoms with Gasteiger partial charge < -0.3 is 24.8 Å². The Morgan fingerprint density at radius 2 is 2.07 bits per heavy atom. The summed E-state index contributed by atoms with van der Waals surface area (Å²) in [6.07, 6.45) is 6.96. The molecule has 0 spiro atoms. The van der Waals surface area contributed by atoms with E-state index in [2.05, 4.69) is 33.8 Å². The number of aliphatic imine (C=N–C) groups is 1. The molecule has 1 aromatic rings. The molecule has 0 amide bonds. The van der Waals surface area contributed by atoms with E-state index in [-0.39, 0.29) is 5.41 Å². The number of hydrogen-bond donors (Lipinski definition) is 2. The Hall–Kier alpha value is -1.79. The second-order valence-electron chi connectivity index (χ2n) is 8.20. The van der Waals surface area contributed by atoms with Crippen molar-refractivity contribution in [1.29, 1.82) is 0 Å². The molecule has 3 rings (SSSR count). The van der Waals surface area contributed by atoms with Crippen LogP contribution < -0.4 is 15.4 Å². The molecule has 1 aliphatic heterocycles. The summed E-state index contributed by atoms with van der Waals surface area (Å²) in [5, 5.41) is 6.99. The van der Waals surface area contributed by atoms with Gasteiger partial charge in [0.2, 0.25) is 0 Å². The molecule has 2 fully saturated rings. The van der Waals surface area contributed by atoms with E-state index in [0.29, 0.717) is 5.92 Å². The Morgan fingerprint density at radius 1 is 1.24 bits per heavy atom. The van der Waals surface area contributed by atoms with Crippen molar-refractivity contribution in [2.75, 3.05) is 53.7 Å². The third-order valence-electron chi connectivity index (χ3n) is 6.19. The highest BCUT2D eigenvalue weighted by atomic mass is 16.5. The highest BCUT2D eigenvalue weighted by Gasteiger charge is 2.37. The van der Waals surface area contributed by atoms with Crippen molar-refractivity contribution >= 4 is 5.96 Å². The first-order valence-electron chi connectivity index (χ1n) is 11.0. The van der Waals surface area contributed by atoms with E-state index in [1.165, 1.54) is 31.2 Å². The van der Waals surface area contributed by atoms with Gasteiger partial charge in [-0.15, -0.1) is 0 Å². The molecular weight excluding hydrogens is 366 g/mol. The van der Waals surface area contributed by atoms with Gasteiger partial charge in [0, 0.05) is 50.2 Å². The zero-order valence-corrected chi connectivity index (χ0v) is 18.0. The van der Waals surface area contributed by atoms with Gasteiger partial charge in [0.1, 0.15) is 5.75 Å². The van der Waals surface area contributed by atoms with E-state index >= 15 is 0 Å². The summed E-state index contributed by atoms with van der Waals surface area (Å²) in [5.41, 5.74) is 1.42. The second-order valence-corrected chi connectivity index (χ2v) is 8.20. The van der Waals surface area contributed by atoms with Gasteiger partial charge in [-0.1, -0.05) is 31.0 Å². The van der Waals surface area contributed by atoms with Crippen LogP contribution >= 0.6 is 0 Å². The molecular formula is C23H37N3O3. The van der Waals surface area contributed by atoms with Gasteiger partial charge in [0.15, 0.2) is 5.96 Å². The average molecular weight is 404 g/mol. The van der Waals surface area contributed by atoms with Crippen molar-refractivity contribution in [3.05, 3.63) is 29.8 Å². The fraction of sp³-hybridized carbons (Fsp3) is 0.696. The smallest absolute Gasteiger partial charge is 0.191 e. The minimum Gasteiger partial charge on any atom is -0.496 e. The number of para-hydroxylation sites is 1. The summed E-state index contributed by atoms with van der Waals surface area (Å²) >= 11 is 0. The minimum atomic E-state index is 0.108. The van der Waals surface area contributed by atoms with Crippen molar-refractivity contribution in [1.82, 2.24) is 10.6 Å². The molecule has 2 N–H and O–H groups in total. The molecule has 0 aromatic heterocycles. The van der Waals surface area contributed by atoms with Crippen molar-refractivity contribution in [2.45, 2.75) is 43.9 Å². The summed E-state index contributed by atoms with van der Waals surface area (Å²) in [4.78, 5) is 4.40. The van der Waals surface area contributed by atoms with Crippen LogP contribution in [-0.4, -0.2) is 59.6 Å². The third-order valence-corrected chi connectivity index (χ3v) is 6.19. The predicted molar refractivity (Wildman–Crippen MR) is 117 cm³/mol. The highest BCUT2D eigenvalue weighted by molar-refractivity contribution is 5.79. The molecule has 1 saturated carbocycles. The molecule has 1 unspecified atom stereocenters. The molecule has 1 aliphatic carbocycles. The Labute approximate surface area is 175 Å². The van der Waals surface area contributed by atoms with Crippen molar-refractivity contribution in [3.8, 4) is 5.75 Å². The Bertz CT molecular complexity index is 638. The van der Waals surface area contributed by atoms with Crippen LogP contribution in [0.25, 0.3) is 0 Å². The Kier molecular flexibility index (Phi) is 8.62. The first kappa shape index (κ1) is 21.9. The van der Waals surface area contributed by atoms with Crippen LogP contribution in [-0.2, 0) is 14.9 Å². The molecule has 1 atom stereocenters. The lowest BCUT2D eigenvalue weighted by molar-refractivity contribution is 0.0888. The standard InChI is InChI=1S/C23H37N3O3/c1-24-22(25-13-7-14-28-16-19-10-15-29-17-19)26-18-23(11-5-6-12-23)20-8-3-4-9-21(20)27-2/h3-4,8-9,19H,5-7,10-18H2,1-2H3,(H2,24,25,26). The number of methoxy groups -OCH3 is 1. The van der Waals surface area contributed by atoms with Gasteiger partial charge in [-0.25, -0.2) is 0 Å². The van der Waals surface area contributed by atoms with Crippen LogP contribution in [0.15, 0.2) is 29.3 Å². The molecule has 0 radical (unpaired) electrons. The summed E-state index contributed by atoms with van der Waals surface area (Å²) in [6, 6.07) is 8.44. The van der Waals surface area contributed by atoms with Crippen LogP contribution in [0.3, 0.4) is 0 Å². The highest BCUT2D eigenvalue weighted by Crippen LogP contribution is 2.44. The molecule has 162 valence electrons. The monoisotopic (exact) mass is 403 g/mol. The fourth-order valence-electron chi connectivity index (χ4n) is 4.50. The van der Waals surface area contributed by atoms with Crippen molar-refractivity contribution in [2.24, 2.45) is 10.9 Å². The molecule has 29 heavy (non-hydrogen) atoms. The lowest BCUT2D eigenvalue weighted by atomic mass is 9.78. The van der Waals surface area contributed by atoms with Crippen LogP contribution in [0.5, 0.6) is 5.75 Å². The van der Waals surface area contributed by atoms with E-state index in [1.807, 2.05) is 13.1 Å². The van der Waals surface area contributed by atoms with E-state index < -0.39 is 0 Å². The van der Waals surface area contributed by atoms with Gasteiger partial charge in [-0.05, 0) is 31.7 Å². The largest absolute Gasteiger partial charge is 0.496 e. The number of benzene rings is 1. The molecule has 6 heteroatoms. The lowest BCUT2D eigenvalue weighted by Crippen LogP contribution is -2.45. The van der Waals surface area contributed by atoms with Gasteiger partial charge >= 0.3 is 0 Å². The minimum absolute atomic E-state index is 0.108. The Balaban J connectivity index is 1.43.